The van der Waals surface area contributed by atoms with Gasteiger partial charge in [0, 0.05) is 13.8 Å². The van der Waals surface area contributed by atoms with Crippen LogP contribution in [0.1, 0.15) is 36.6 Å². The van der Waals surface area contributed by atoms with Crippen molar-refractivity contribution < 1.29 is 0 Å². The van der Waals surface area contributed by atoms with Crippen molar-refractivity contribution in [3.05, 3.63) is 32.7 Å². The standard InChI is InChI=1S/C13H15Br3/c1-8-3-2-4-10(8)13(16)11-7-9(14)5-6-12(11)15/h5-8,10,13H,2-4H2,1H3. The van der Waals surface area contributed by atoms with Crippen LogP contribution in [-0.2, 0) is 0 Å². The summed E-state index contributed by atoms with van der Waals surface area (Å²) in [5.41, 5.74) is 1.37. The van der Waals surface area contributed by atoms with Crippen LogP contribution >= 0.6 is 47.8 Å². The van der Waals surface area contributed by atoms with Gasteiger partial charge in [0.25, 0.3) is 0 Å². The molecule has 1 aliphatic carbocycles. The van der Waals surface area contributed by atoms with Crippen molar-refractivity contribution in [2.24, 2.45) is 11.8 Å². The van der Waals surface area contributed by atoms with Crippen molar-refractivity contribution in [3.8, 4) is 0 Å². The van der Waals surface area contributed by atoms with E-state index in [1.165, 1.54) is 29.3 Å². The Morgan fingerprint density at radius 2 is 2.00 bits per heavy atom. The van der Waals surface area contributed by atoms with E-state index in [0.717, 1.165) is 16.3 Å². The molecular weight excluding hydrogens is 396 g/mol. The van der Waals surface area contributed by atoms with Crippen LogP contribution < -0.4 is 0 Å². The highest BCUT2D eigenvalue weighted by Crippen LogP contribution is 2.46. The molecule has 0 bridgehead atoms. The molecule has 0 spiro atoms. The molecule has 3 heteroatoms. The Kier molecular flexibility index (Phi) is 4.53. The maximum absolute atomic E-state index is 3.89. The molecule has 1 fully saturated rings. The normalized spacial score (nSPS) is 27.0. The van der Waals surface area contributed by atoms with Crippen LogP contribution in [-0.4, -0.2) is 0 Å². The van der Waals surface area contributed by atoms with Crippen LogP contribution in [0.5, 0.6) is 0 Å². The van der Waals surface area contributed by atoms with Gasteiger partial charge < -0.3 is 0 Å². The summed E-state index contributed by atoms with van der Waals surface area (Å²) in [5, 5.41) is 0. The van der Waals surface area contributed by atoms with E-state index in [1.54, 1.807) is 0 Å². The molecule has 2 rings (SSSR count). The zero-order chi connectivity index (χ0) is 11.7. The molecule has 1 aliphatic rings. The number of hydrogen-bond donors (Lipinski definition) is 0. The zero-order valence-corrected chi connectivity index (χ0v) is 14.0. The maximum atomic E-state index is 3.89. The van der Waals surface area contributed by atoms with Crippen LogP contribution in [0, 0.1) is 11.8 Å². The molecule has 0 radical (unpaired) electrons. The van der Waals surface area contributed by atoms with Crippen LogP contribution in [0.25, 0.3) is 0 Å². The predicted molar refractivity (Wildman–Crippen MR) is 80.0 cm³/mol. The molecule has 1 aromatic carbocycles. The lowest BCUT2D eigenvalue weighted by molar-refractivity contribution is 0.413. The second-order valence-electron chi connectivity index (χ2n) is 4.64. The summed E-state index contributed by atoms with van der Waals surface area (Å²) in [5.74, 6) is 1.60. The van der Waals surface area contributed by atoms with Gasteiger partial charge in [0.2, 0.25) is 0 Å². The molecule has 16 heavy (non-hydrogen) atoms. The largest absolute Gasteiger partial charge is 0.0835 e. The molecule has 0 nitrogen and oxygen atoms in total. The topological polar surface area (TPSA) is 0 Å². The number of hydrogen-bond acceptors (Lipinski definition) is 0. The van der Waals surface area contributed by atoms with Gasteiger partial charge in [-0.15, -0.1) is 0 Å². The summed E-state index contributed by atoms with van der Waals surface area (Å²) in [7, 11) is 0. The molecule has 0 saturated heterocycles. The third-order valence-electron chi connectivity index (χ3n) is 3.56. The second-order valence-corrected chi connectivity index (χ2v) is 7.40. The fourth-order valence-corrected chi connectivity index (χ4v) is 4.91. The van der Waals surface area contributed by atoms with E-state index >= 15 is 0 Å². The van der Waals surface area contributed by atoms with Gasteiger partial charge in [0.1, 0.15) is 0 Å². The summed E-state index contributed by atoms with van der Waals surface area (Å²) in [6.45, 7) is 2.37. The molecule has 0 N–H and O–H groups in total. The first-order valence-electron chi connectivity index (χ1n) is 5.68. The molecule has 0 aromatic heterocycles. The third kappa shape index (κ3) is 2.73. The highest BCUT2D eigenvalue weighted by atomic mass is 79.9. The van der Waals surface area contributed by atoms with Gasteiger partial charge in [-0.2, -0.15) is 0 Å². The van der Waals surface area contributed by atoms with E-state index in [-0.39, 0.29) is 0 Å². The quantitative estimate of drug-likeness (QED) is 0.518. The Labute approximate surface area is 123 Å². The van der Waals surface area contributed by atoms with Gasteiger partial charge in [-0.25, -0.2) is 0 Å². The van der Waals surface area contributed by atoms with Crippen molar-refractivity contribution >= 4 is 47.8 Å². The molecule has 0 aliphatic heterocycles. The molecule has 0 heterocycles. The Balaban J connectivity index is 2.25. The van der Waals surface area contributed by atoms with E-state index < -0.39 is 0 Å². The van der Waals surface area contributed by atoms with E-state index in [1.807, 2.05) is 0 Å². The van der Waals surface area contributed by atoms with Crippen LogP contribution in [0.3, 0.4) is 0 Å². The Hall–Kier alpha value is 0.660. The SMILES string of the molecule is CC1CCCC1C(Br)c1cc(Br)ccc1Br. The summed E-state index contributed by atoms with van der Waals surface area (Å²) in [6, 6.07) is 6.41. The third-order valence-corrected chi connectivity index (χ3v) is 5.95. The van der Waals surface area contributed by atoms with E-state index in [9.17, 15) is 0 Å². The maximum Gasteiger partial charge on any atom is 0.0437 e. The van der Waals surface area contributed by atoms with Gasteiger partial charge in [-0.3, -0.25) is 0 Å². The molecule has 1 aromatic rings. The average molecular weight is 411 g/mol. The van der Waals surface area contributed by atoms with Gasteiger partial charge >= 0.3 is 0 Å². The molecular formula is C13H15Br3. The van der Waals surface area contributed by atoms with Gasteiger partial charge in [0.15, 0.2) is 0 Å². The van der Waals surface area contributed by atoms with Crippen LogP contribution in [0.2, 0.25) is 0 Å². The van der Waals surface area contributed by atoms with Crippen molar-refractivity contribution in [3.63, 3.8) is 0 Å². The first kappa shape index (κ1) is 13.1. The number of alkyl halides is 1. The van der Waals surface area contributed by atoms with Crippen molar-refractivity contribution in [1.29, 1.82) is 0 Å². The van der Waals surface area contributed by atoms with Crippen LogP contribution in [0.4, 0.5) is 0 Å². The van der Waals surface area contributed by atoms with E-state index in [4.69, 9.17) is 0 Å². The summed E-state index contributed by atoms with van der Waals surface area (Å²) in [6.07, 6.45) is 4.09. The lowest BCUT2D eigenvalue weighted by Crippen LogP contribution is -2.11. The predicted octanol–water partition coefficient (Wildman–Crippen LogP) is 6.08. The summed E-state index contributed by atoms with van der Waals surface area (Å²) >= 11 is 11.1. The van der Waals surface area contributed by atoms with Crippen molar-refractivity contribution in [2.45, 2.75) is 31.0 Å². The monoisotopic (exact) mass is 408 g/mol. The fourth-order valence-electron chi connectivity index (χ4n) is 2.57. The summed E-state index contributed by atoms with van der Waals surface area (Å²) < 4.78 is 2.36. The lowest BCUT2D eigenvalue weighted by atomic mass is 9.91. The second kappa shape index (κ2) is 5.53. The lowest BCUT2D eigenvalue weighted by Gasteiger charge is -2.23. The number of halogens is 3. The summed E-state index contributed by atoms with van der Waals surface area (Å²) in [4.78, 5) is 0.469. The first-order chi connectivity index (χ1) is 7.59. The van der Waals surface area contributed by atoms with Gasteiger partial charge in [-0.1, -0.05) is 67.6 Å². The van der Waals surface area contributed by atoms with Crippen molar-refractivity contribution in [1.82, 2.24) is 0 Å². The minimum Gasteiger partial charge on any atom is -0.0835 e. The Morgan fingerprint density at radius 1 is 1.25 bits per heavy atom. The van der Waals surface area contributed by atoms with Crippen molar-refractivity contribution in [2.75, 3.05) is 0 Å². The minimum atomic E-state index is 0.469. The van der Waals surface area contributed by atoms with Crippen LogP contribution in [0.15, 0.2) is 27.1 Å². The zero-order valence-electron chi connectivity index (χ0n) is 9.22. The highest BCUT2D eigenvalue weighted by molar-refractivity contribution is 9.11. The van der Waals surface area contributed by atoms with Gasteiger partial charge in [-0.05, 0) is 42.0 Å². The van der Waals surface area contributed by atoms with E-state index in [2.05, 4.69) is 72.9 Å². The Morgan fingerprint density at radius 3 is 2.62 bits per heavy atom. The molecule has 88 valence electrons. The first-order valence-corrected chi connectivity index (χ1v) is 8.19. The number of benzene rings is 1. The van der Waals surface area contributed by atoms with E-state index in [0.29, 0.717) is 4.83 Å². The molecule has 3 unspecified atom stereocenters. The molecule has 1 saturated carbocycles. The Bertz CT molecular complexity index is 375. The fraction of sp³-hybridized carbons (Fsp3) is 0.538. The number of rotatable bonds is 2. The minimum absolute atomic E-state index is 0.469. The highest BCUT2D eigenvalue weighted by Gasteiger charge is 2.31. The van der Waals surface area contributed by atoms with Gasteiger partial charge in [0.05, 0.1) is 0 Å². The molecule has 3 atom stereocenters. The smallest absolute Gasteiger partial charge is 0.0437 e. The average Bonchev–Trinajstić information content (AvgIpc) is 2.67. The molecule has 0 amide bonds.